The molecule has 3 fully saturated rings. The third-order valence-corrected chi connectivity index (χ3v) is 6.64. The van der Waals surface area contributed by atoms with Crippen molar-refractivity contribution in [3.8, 4) is 0 Å². The van der Waals surface area contributed by atoms with Gasteiger partial charge in [-0.25, -0.2) is 0 Å². The topological polar surface area (TPSA) is 58.4 Å². The van der Waals surface area contributed by atoms with E-state index in [1.165, 1.54) is 44.2 Å². The fourth-order valence-corrected chi connectivity index (χ4v) is 5.23. The lowest BCUT2D eigenvalue weighted by Crippen LogP contribution is -2.48. The highest BCUT2D eigenvalue weighted by atomic mass is 16.1. The summed E-state index contributed by atoms with van der Waals surface area (Å²) in [6.45, 7) is 2.19. The summed E-state index contributed by atoms with van der Waals surface area (Å²) < 4.78 is 0. The van der Waals surface area contributed by atoms with Crippen LogP contribution in [-0.2, 0) is 4.79 Å². The summed E-state index contributed by atoms with van der Waals surface area (Å²) >= 11 is 0. The second kappa shape index (κ2) is 7.36. The summed E-state index contributed by atoms with van der Waals surface area (Å²) in [7, 11) is 0. The Morgan fingerprint density at radius 3 is 2.40 bits per heavy atom. The average Bonchev–Trinajstić information content (AvgIpc) is 2.62. The SMILES string of the molecule is NC1C2CCCC1CC(C(=O)Nc1ccccc1N1CCCCC1)C2. The van der Waals surface area contributed by atoms with Gasteiger partial charge >= 0.3 is 0 Å². The molecule has 0 spiro atoms. The van der Waals surface area contributed by atoms with Crippen LogP contribution in [0.2, 0.25) is 0 Å². The number of fused-ring (bicyclic) bond motifs is 2. The van der Waals surface area contributed by atoms with E-state index in [1.807, 2.05) is 6.07 Å². The first-order valence-corrected chi connectivity index (χ1v) is 10.1. The number of benzene rings is 1. The molecule has 3 aliphatic rings. The van der Waals surface area contributed by atoms with E-state index in [0.29, 0.717) is 17.9 Å². The van der Waals surface area contributed by atoms with Crippen LogP contribution in [-0.4, -0.2) is 25.0 Å². The van der Waals surface area contributed by atoms with Crippen molar-refractivity contribution in [3.05, 3.63) is 24.3 Å². The molecule has 2 saturated carbocycles. The maximum atomic E-state index is 13.0. The van der Waals surface area contributed by atoms with Crippen LogP contribution >= 0.6 is 0 Å². The van der Waals surface area contributed by atoms with Crippen molar-refractivity contribution in [1.82, 2.24) is 0 Å². The number of carbonyl (C=O) groups excluding carboxylic acids is 1. The lowest BCUT2D eigenvalue weighted by molar-refractivity contribution is -0.122. The van der Waals surface area contributed by atoms with Crippen LogP contribution in [0.4, 0.5) is 11.4 Å². The van der Waals surface area contributed by atoms with Crippen LogP contribution in [0, 0.1) is 17.8 Å². The fourth-order valence-electron chi connectivity index (χ4n) is 5.23. The molecule has 25 heavy (non-hydrogen) atoms. The van der Waals surface area contributed by atoms with Gasteiger partial charge < -0.3 is 16.0 Å². The molecule has 1 heterocycles. The van der Waals surface area contributed by atoms with Crippen LogP contribution in [0.5, 0.6) is 0 Å². The van der Waals surface area contributed by atoms with E-state index in [0.717, 1.165) is 31.6 Å². The molecule has 2 aliphatic carbocycles. The van der Waals surface area contributed by atoms with Crippen LogP contribution in [0.15, 0.2) is 24.3 Å². The molecule has 3 N–H and O–H groups in total. The zero-order chi connectivity index (χ0) is 17.2. The molecular weight excluding hydrogens is 310 g/mol. The van der Waals surface area contributed by atoms with Gasteiger partial charge in [0.05, 0.1) is 11.4 Å². The number of nitrogens with zero attached hydrogens (tertiary/aromatic N) is 1. The number of hydrogen-bond acceptors (Lipinski definition) is 3. The van der Waals surface area contributed by atoms with Crippen LogP contribution in [0.25, 0.3) is 0 Å². The second-order valence-corrected chi connectivity index (χ2v) is 8.25. The minimum atomic E-state index is 0.129. The Hall–Kier alpha value is -1.55. The molecule has 1 aliphatic heterocycles. The van der Waals surface area contributed by atoms with Gasteiger partial charge in [0.1, 0.15) is 0 Å². The standard InChI is InChI=1S/C21H31N3O/c22-20-15-7-6-8-16(20)14-17(13-15)21(25)23-18-9-2-3-10-19(18)24-11-4-1-5-12-24/h2-3,9-10,15-17,20H,1,4-8,11-14,22H2,(H,23,25). The first kappa shape index (κ1) is 16.9. The Morgan fingerprint density at radius 2 is 1.68 bits per heavy atom. The Labute approximate surface area is 151 Å². The van der Waals surface area contributed by atoms with Gasteiger partial charge in [-0.05, 0) is 68.9 Å². The van der Waals surface area contributed by atoms with Gasteiger partial charge in [-0.15, -0.1) is 0 Å². The molecule has 4 nitrogen and oxygen atoms in total. The maximum absolute atomic E-state index is 13.0. The average molecular weight is 341 g/mol. The Morgan fingerprint density at radius 1 is 1.00 bits per heavy atom. The number of para-hydroxylation sites is 2. The normalized spacial score (nSPS) is 32.3. The fraction of sp³-hybridized carbons (Fsp3) is 0.667. The summed E-state index contributed by atoms with van der Waals surface area (Å²) in [6, 6.07) is 8.61. The lowest BCUT2D eigenvalue weighted by atomic mass is 9.65. The third-order valence-electron chi connectivity index (χ3n) is 6.64. The van der Waals surface area contributed by atoms with Crippen molar-refractivity contribution in [3.63, 3.8) is 0 Å². The Kier molecular flexibility index (Phi) is 4.98. The molecule has 2 atom stereocenters. The van der Waals surface area contributed by atoms with Crippen molar-refractivity contribution in [2.24, 2.45) is 23.5 Å². The van der Waals surface area contributed by atoms with Crippen molar-refractivity contribution < 1.29 is 4.79 Å². The van der Waals surface area contributed by atoms with Crippen LogP contribution in [0.1, 0.15) is 51.4 Å². The van der Waals surface area contributed by atoms with Crippen LogP contribution < -0.4 is 16.0 Å². The van der Waals surface area contributed by atoms with Crippen molar-refractivity contribution in [2.45, 2.75) is 57.4 Å². The Balaban J connectivity index is 1.46. The molecule has 0 radical (unpaired) electrons. The van der Waals surface area contributed by atoms with E-state index in [9.17, 15) is 4.79 Å². The molecule has 4 heteroatoms. The van der Waals surface area contributed by atoms with E-state index < -0.39 is 0 Å². The van der Waals surface area contributed by atoms with Gasteiger partial charge in [0.25, 0.3) is 0 Å². The largest absolute Gasteiger partial charge is 0.370 e. The minimum absolute atomic E-state index is 0.129. The molecule has 4 rings (SSSR count). The molecule has 1 aromatic carbocycles. The molecule has 2 unspecified atom stereocenters. The molecule has 1 amide bonds. The number of rotatable bonds is 3. The van der Waals surface area contributed by atoms with Gasteiger partial charge in [0, 0.05) is 25.0 Å². The Bertz CT molecular complexity index is 597. The lowest BCUT2D eigenvalue weighted by Gasteiger charge is -2.43. The summed E-state index contributed by atoms with van der Waals surface area (Å²) in [6.07, 6.45) is 9.42. The highest BCUT2D eigenvalue weighted by Gasteiger charge is 2.40. The van der Waals surface area contributed by atoms with Crippen molar-refractivity contribution in [2.75, 3.05) is 23.3 Å². The molecule has 0 aromatic heterocycles. The highest BCUT2D eigenvalue weighted by Crippen LogP contribution is 2.42. The zero-order valence-electron chi connectivity index (χ0n) is 15.1. The third kappa shape index (κ3) is 3.55. The quantitative estimate of drug-likeness (QED) is 0.880. The van der Waals surface area contributed by atoms with E-state index in [-0.39, 0.29) is 11.8 Å². The number of nitrogens with one attached hydrogen (secondary N) is 1. The van der Waals surface area contributed by atoms with Crippen molar-refractivity contribution >= 4 is 17.3 Å². The van der Waals surface area contributed by atoms with E-state index in [1.54, 1.807) is 0 Å². The number of nitrogens with two attached hydrogens (primary N) is 1. The highest BCUT2D eigenvalue weighted by molar-refractivity contribution is 5.96. The van der Waals surface area contributed by atoms with E-state index in [4.69, 9.17) is 5.73 Å². The number of carbonyl (C=O) groups is 1. The first-order valence-electron chi connectivity index (χ1n) is 10.1. The number of hydrogen-bond donors (Lipinski definition) is 2. The maximum Gasteiger partial charge on any atom is 0.227 e. The van der Waals surface area contributed by atoms with Gasteiger partial charge in [-0.2, -0.15) is 0 Å². The van der Waals surface area contributed by atoms with Crippen molar-refractivity contribution in [1.29, 1.82) is 0 Å². The van der Waals surface area contributed by atoms with Crippen LogP contribution in [0.3, 0.4) is 0 Å². The summed E-state index contributed by atoms with van der Waals surface area (Å²) in [5.41, 5.74) is 8.55. The smallest absolute Gasteiger partial charge is 0.227 e. The molecule has 2 bridgehead atoms. The van der Waals surface area contributed by atoms with E-state index >= 15 is 0 Å². The molecule has 1 saturated heterocycles. The minimum Gasteiger partial charge on any atom is -0.370 e. The number of amides is 1. The molecular formula is C21H31N3O. The monoisotopic (exact) mass is 341 g/mol. The summed E-state index contributed by atoms with van der Waals surface area (Å²) in [4.78, 5) is 15.4. The predicted octanol–water partition coefficient (Wildman–Crippen LogP) is 3.77. The van der Waals surface area contributed by atoms with Gasteiger partial charge in [0.2, 0.25) is 5.91 Å². The first-order chi connectivity index (χ1) is 12.2. The summed E-state index contributed by atoms with van der Waals surface area (Å²) in [5, 5.41) is 3.26. The van der Waals surface area contributed by atoms with Gasteiger partial charge in [-0.1, -0.05) is 18.6 Å². The zero-order valence-corrected chi connectivity index (χ0v) is 15.1. The summed E-state index contributed by atoms with van der Waals surface area (Å²) in [5.74, 6) is 1.42. The number of anilines is 2. The second-order valence-electron chi connectivity index (χ2n) is 8.25. The van der Waals surface area contributed by atoms with Gasteiger partial charge in [-0.3, -0.25) is 4.79 Å². The van der Waals surface area contributed by atoms with Gasteiger partial charge in [0.15, 0.2) is 0 Å². The molecule has 1 aromatic rings. The van der Waals surface area contributed by atoms with E-state index in [2.05, 4.69) is 28.4 Å². The predicted molar refractivity (Wildman–Crippen MR) is 103 cm³/mol. The molecule has 136 valence electrons. The number of piperidine rings is 1.